The van der Waals surface area contributed by atoms with E-state index in [1.54, 1.807) is 4.57 Å². The number of anilines is 1. The van der Waals surface area contributed by atoms with Crippen molar-refractivity contribution in [2.24, 2.45) is 7.05 Å². The van der Waals surface area contributed by atoms with E-state index in [2.05, 4.69) is 9.97 Å². The molecule has 1 unspecified atom stereocenters. The first kappa shape index (κ1) is 20.6. The SMILES string of the molecule is Cn1c(=O)[nH]c(=O)c2c1nc(N1CCCC1)n2CC(O)COc1ccc([N+](=O)[O-])cc1. The predicted octanol–water partition coefficient (Wildman–Crippen LogP) is 0.372. The number of hydrogen-bond acceptors (Lipinski definition) is 8. The molecule has 1 aliphatic rings. The second-order valence-electron chi connectivity index (χ2n) is 7.42. The molecule has 0 bridgehead atoms. The summed E-state index contributed by atoms with van der Waals surface area (Å²) in [6.45, 7) is 1.46. The molecule has 164 valence electrons. The number of imidazole rings is 1. The molecule has 3 heterocycles. The van der Waals surface area contributed by atoms with Crippen molar-refractivity contribution in [2.75, 3.05) is 24.6 Å². The Labute approximate surface area is 175 Å². The molecule has 12 heteroatoms. The molecule has 0 spiro atoms. The highest BCUT2D eigenvalue weighted by Gasteiger charge is 2.25. The predicted molar refractivity (Wildman–Crippen MR) is 112 cm³/mol. The van der Waals surface area contributed by atoms with Crippen molar-refractivity contribution in [2.45, 2.75) is 25.5 Å². The Bertz CT molecular complexity index is 1220. The maximum atomic E-state index is 12.5. The van der Waals surface area contributed by atoms with E-state index < -0.39 is 22.3 Å². The number of nitro benzene ring substituents is 1. The average Bonchev–Trinajstić information content (AvgIpc) is 3.39. The number of rotatable bonds is 7. The molecule has 0 saturated carbocycles. The van der Waals surface area contributed by atoms with Gasteiger partial charge in [0.2, 0.25) is 5.95 Å². The average molecular weight is 430 g/mol. The normalized spacial score (nSPS) is 14.8. The second-order valence-corrected chi connectivity index (χ2v) is 7.42. The Morgan fingerprint density at radius 1 is 1.26 bits per heavy atom. The lowest BCUT2D eigenvalue weighted by Gasteiger charge is -2.20. The fourth-order valence-electron chi connectivity index (χ4n) is 3.67. The van der Waals surface area contributed by atoms with Gasteiger partial charge in [-0.25, -0.2) is 4.79 Å². The molecule has 3 aromatic rings. The quantitative estimate of drug-likeness (QED) is 0.403. The van der Waals surface area contributed by atoms with Crippen LogP contribution in [0.1, 0.15) is 12.8 Å². The van der Waals surface area contributed by atoms with Gasteiger partial charge in [0.25, 0.3) is 11.2 Å². The summed E-state index contributed by atoms with van der Waals surface area (Å²) < 4.78 is 8.42. The third-order valence-electron chi connectivity index (χ3n) is 5.26. The van der Waals surface area contributed by atoms with Gasteiger partial charge in [-0.2, -0.15) is 4.98 Å². The number of non-ortho nitro benzene ring substituents is 1. The van der Waals surface area contributed by atoms with E-state index in [4.69, 9.17) is 4.74 Å². The van der Waals surface area contributed by atoms with Gasteiger partial charge < -0.3 is 19.3 Å². The lowest BCUT2D eigenvalue weighted by atomic mass is 10.3. The van der Waals surface area contributed by atoms with Crippen molar-refractivity contribution in [3.63, 3.8) is 0 Å². The van der Waals surface area contributed by atoms with Gasteiger partial charge in [-0.3, -0.25) is 24.5 Å². The number of aryl methyl sites for hydroxylation is 1. The van der Waals surface area contributed by atoms with Gasteiger partial charge in [-0.05, 0) is 25.0 Å². The van der Waals surface area contributed by atoms with Crippen LogP contribution in [-0.4, -0.2) is 54.9 Å². The highest BCUT2D eigenvalue weighted by Crippen LogP contribution is 2.24. The minimum atomic E-state index is -0.995. The van der Waals surface area contributed by atoms with Gasteiger partial charge in [0.15, 0.2) is 11.2 Å². The molecule has 12 nitrogen and oxygen atoms in total. The van der Waals surface area contributed by atoms with Crippen LogP contribution >= 0.6 is 0 Å². The van der Waals surface area contributed by atoms with E-state index in [9.17, 15) is 24.8 Å². The van der Waals surface area contributed by atoms with Crippen molar-refractivity contribution < 1.29 is 14.8 Å². The first-order valence-corrected chi connectivity index (χ1v) is 9.85. The number of nitro groups is 1. The lowest BCUT2D eigenvalue weighted by molar-refractivity contribution is -0.384. The van der Waals surface area contributed by atoms with E-state index in [0.717, 1.165) is 25.9 Å². The Hall–Kier alpha value is -3.67. The summed E-state index contributed by atoms with van der Waals surface area (Å²) in [4.78, 5) is 43.6. The number of nitrogens with zero attached hydrogens (tertiary/aromatic N) is 5. The summed E-state index contributed by atoms with van der Waals surface area (Å²) in [6, 6.07) is 5.54. The van der Waals surface area contributed by atoms with E-state index in [0.29, 0.717) is 11.7 Å². The van der Waals surface area contributed by atoms with Gasteiger partial charge in [0, 0.05) is 32.3 Å². The molecule has 1 aliphatic heterocycles. The smallest absolute Gasteiger partial charge is 0.329 e. The van der Waals surface area contributed by atoms with Gasteiger partial charge in [0.05, 0.1) is 11.5 Å². The van der Waals surface area contributed by atoms with E-state index in [1.165, 1.54) is 35.9 Å². The summed E-state index contributed by atoms with van der Waals surface area (Å²) in [6.07, 6.45) is 0.986. The van der Waals surface area contributed by atoms with E-state index in [-0.39, 0.29) is 30.0 Å². The number of aliphatic hydroxyl groups is 1. The highest BCUT2D eigenvalue weighted by atomic mass is 16.6. The summed E-state index contributed by atoms with van der Waals surface area (Å²) in [5.41, 5.74) is -0.730. The topological polar surface area (TPSA) is 149 Å². The molecular weight excluding hydrogens is 408 g/mol. The van der Waals surface area contributed by atoms with Crippen molar-refractivity contribution >= 4 is 22.8 Å². The van der Waals surface area contributed by atoms with Crippen molar-refractivity contribution in [1.29, 1.82) is 0 Å². The van der Waals surface area contributed by atoms with Gasteiger partial charge >= 0.3 is 5.69 Å². The molecular formula is C19H22N6O6. The van der Waals surface area contributed by atoms with E-state index >= 15 is 0 Å². The standard InChI is InChI=1S/C19H22N6O6/c1-22-16-15(17(27)21-19(22)28)24(18(20-16)23-8-2-3-9-23)10-13(26)11-31-14-6-4-12(5-7-14)25(29)30/h4-7,13,26H,2-3,8-11H2,1H3,(H,21,27,28). The number of ether oxygens (including phenoxy) is 1. The zero-order valence-corrected chi connectivity index (χ0v) is 16.9. The molecule has 0 amide bonds. The molecule has 1 atom stereocenters. The fraction of sp³-hybridized carbons (Fsp3) is 0.421. The second kappa shape index (κ2) is 8.22. The van der Waals surface area contributed by atoms with E-state index in [1.807, 2.05) is 4.90 Å². The Morgan fingerprint density at radius 2 is 1.94 bits per heavy atom. The van der Waals surface area contributed by atoms with Crippen LogP contribution in [0, 0.1) is 10.1 Å². The number of aromatic amines is 1. The molecule has 2 N–H and O–H groups in total. The third-order valence-corrected chi connectivity index (χ3v) is 5.26. The Morgan fingerprint density at radius 3 is 2.58 bits per heavy atom. The van der Waals surface area contributed by atoms with Crippen LogP contribution in [0.3, 0.4) is 0 Å². The molecule has 0 radical (unpaired) electrons. The number of aliphatic hydroxyl groups excluding tert-OH is 1. The zero-order valence-electron chi connectivity index (χ0n) is 16.9. The zero-order chi connectivity index (χ0) is 22.1. The van der Waals surface area contributed by atoms with Crippen LogP contribution < -0.4 is 20.9 Å². The number of hydrogen-bond donors (Lipinski definition) is 2. The summed E-state index contributed by atoms with van der Waals surface area (Å²) in [5, 5.41) is 21.3. The highest BCUT2D eigenvalue weighted by molar-refractivity contribution is 5.74. The van der Waals surface area contributed by atoms with Gasteiger partial charge in [-0.1, -0.05) is 0 Å². The van der Waals surface area contributed by atoms with Crippen LogP contribution in [0.15, 0.2) is 33.9 Å². The summed E-state index contributed by atoms with van der Waals surface area (Å²) in [7, 11) is 1.53. The third kappa shape index (κ3) is 4.01. The van der Waals surface area contributed by atoms with Crippen LogP contribution in [0.5, 0.6) is 5.75 Å². The summed E-state index contributed by atoms with van der Waals surface area (Å²) in [5.74, 6) is 0.897. The van der Waals surface area contributed by atoms with Crippen molar-refractivity contribution in [1.82, 2.24) is 19.1 Å². The minimum absolute atomic E-state index is 0.0244. The molecule has 2 aromatic heterocycles. The minimum Gasteiger partial charge on any atom is -0.491 e. The van der Waals surface area contributed by atoms with Crippen LogP contribution in [0.4, 0.5) is 11.6 Å². The van der Waals surface area contributed by atoms with Crippen LogP contribution in [-0.2, 0) is 13.6 Å². The number of H-pyrrole nitrogens is 1. The number of nitrogens with one attached hydrogen (secondary N) is 1. The Kier molecular flexibility index (Phi) is 5.46. The first-order chi connectivity index (χ1) is 14.8. The molecule has 1 aromatic carbocycles. The fourth-order valence-corrected chi connectivity index (χ4v) is 3.67. The lowest BCUT2D eigenvalue weighted by Crippen LogP contribution is -2.31. The first-order valence-electron chi connectivity index (χ1n) is 9.85. The van der Waals surface area contributed by atoms with Crippen molar-refractivity contribution in [3.8, 4) is 5.75 Å². The molecule has 31 heavy (non-hydrogen) atoms. The van der Waals surface area contributed by atoms with Gasteiger partial charge in [0.1, 0.15) is 18.5 Å². The molecule has 1 fully saturated rings. The number of fused-ring (bicyclic) bond motifs is 1. The number of benzene rings is 1. The number of aromatic nitrogens is 4. The largest absolute Gasteiger partial charge is 0.491 e. The maximum Gasteiger partial charge on any atom is 0.329 e. The maximum absolute atomic E-state index is 12.5. The molecule has 1 saturated heterocycles. The Balaban J connectivity index is 1.59. The van der Waals surface area contributed by atoms with Crippen LogP contribution in [0.2, 0.25) is 0 Å². The monoisotopic (exact) mass is 430 g/mol. The molecule has 4 rings (SSSR count). The summed E-state index contributed by atoms with van der Waals surface area (Å²) >= 11 is 0. The van der Waals surface area contributed by atoms with Crippen LogP contribution in [0.25, 0.3) is 11.2 Å². The molecule has 0 aliphatic carbocycles. The van der Waals surface area contributed by atoms with Crippen molar-refractivity contribution in [3.05, 3.63) is 55.2 Å². The van der Waals surface area contributed by atoms with Gasteiger partial charge in [-0.15, -0.1) is 0 Å².